The number of carboxylic acid groups (broad SMARTS) is 1. The molecule has 0 radical (unpaired) electrons. The Labute approximate surface area is 135 Å². The van der Waals surface area contributed by atoms with Gasteiger partial charge >= 0.3 is 12.0 Å². The highest BCUT2D eigenvalue weighted by molar-refractivity contribution is 5.89. The number of rotatable bonds is 4. The van der Waals surface area contributed by atoms with Gasteiger partial charge in [-0.25, -0.2) is 9.48 Å². The van der Waals surface area contributed by atoms with Crippen LogP contribution in [0.4, 0.5) is 10.6 Å². The Morgan fingerprint density at radius 1 is 1.39 bits per heavy atom. The highest BCUT2D eigenvalue weighted by Gasteiger charge is 2.33. The largest absolute Gasteiger partial charge is 0.481 e. The number of amides is 2. The molecule has 1 aliphatic carbocycles. The van der Waals surface area contributed by atoms with E-state index in [0.717, 1.165) is 0 Å². The number of nitrogens with zero attached hydrogens (tertiary/aromatic N) is 3. The lowest BCUT2D eigenvalue weighted by molar-refractivity contribution is -0.143. The van der Waals surface area contributed by atoms with Crippen LogP contribution < -0.4 is 5.32 Å². The van der Waals surface area contributed by atoms with Crippen molar-refractivity contribution in [3.8, 4) is 0 Å². The summed E-state index contributed by atoms with van der Waals surface area (Å²) in [5.41, 5.74) is 0. The summed E-state index contributed by atoms with van der Waals surface area (Å²) in [6, 6.07) is 1.82. The van der Waals surface area contributed by atoms with Gasteiger partial charge < -0.3 is 10.0 Å². The maximum absolute atomic E-state index is 12.5. The molecule has 0 spiro atoms. The number of carbonyl (C=O) groups excluding carboxylic acids is 1. The SMILES string of the molecule is CC1CC(C(=O)O)CN(C(=O)Nc2ccnn2C(C)C2CC2)C1. The molecule has 0 bridgehead atoms. The molecule has 1 aliphatic heterocycles. The molecule has 1 aromatic rings. The summed E-state index contributed by atoms with van der Waals surface area (Å²) < 4.78 is 1.86. The molecule has 2 fully saturated rings. The van der Waals surface area contributed by atoms with Crippen LogP contribution in [-0.4, -0.2) is 44.9 Å². The molecule has 2 aliphatic rings. The molecule has 2 amide bonds. The highest BCUT2D eigenvalue weighted by atomic mass is 16.4. The standard InChI is InChI=1S/C16H24N4O3/c1-10-7-13(15(21)22)9-19(8-10)16(23)18-14-5-6-17-20(14)11(2)12-3-4-12/h5-6,10-13H,3-4,7-9H2,1-2H3,(H,18,23)(H,21,22). The van der Waals surface area contributed by atoms with Crippen LogP contribution in [0.1, 0.15) is 39.2 Å². The maximum atomic E-state index is 12.5. The maximum Gasteiger partial charge on any atom is 0.323 e. The van der Waals surface area contributed by atoms with Crippen molar-refractivity contribution in [3.05, 3.63) is 12.3 Å². The van der Waals surface area contributed by atoms with E-state index in [1.807, 2.05) is 11.6 Å². The van der Waals surface area contributed by atoms with Crippen LogP contribution in [0.15, 0.2) is 12.3 Å². The summed E-state index contributed by atoms with van der Waals surface area (Å²) in [6.45, 7) is 4.94. The molecule has 23 heavy (non-hydrogen) atoms. The first-order valence-corrected chi connectivity index (χ1v) is 8.28. The normalized spacial score (nSPS) is 25.9. The number of hydrogen-bond acceptors (Lipinski definition) is 3. The van der Waals surface area contributed by atoms with Crippen molar-refractivity contribution in [1.29, 1.82) is 0 Å². The molecule has 126 valence electrons. The summed E-state index contributed by atoms with van der Waals surface area (Å²) in [4.78, 5) is 25.4. The third-order valence-electron chi connectivity index (χ3n) is 4.89. The van der Waals surface area contributed by atoms with Gasteiger partial charge in [0.2, 0.25) is 0 Å². The summed E-state index contributed by atoms with van der Waals surface area (Å²) in [7, 11) is 0. The molecule has 7 heteroatoms. The number of likely N-dealkylation sites (tertiary alicyclic amines) is 1. The zero-order valence-electron chi connectivity index (χ0n) is 13.6. The number of aromatic nitrogens is 2. The van der Waals surface area contributed by atoms with Crippen molar-refractivity contribution >= 4 is 17.8 Å². The van der Waals surface area contributed by atoms with Crippen molar-refractivity contribution in [2.75, 3.05) is 18.4 Å². The monoisotopic (exact) mass is 320 g/mol. The molecule has 3 atom stereocenters. The molecule has 2 heterocycles. The third-order valence-corrected chi connectivity index (χ3v) is 4.89. The smallest absolute Gasteiger partial charge is 0.323 e. The van der Waals surface area contributed by atoms with Crippen LogP contribution in [0.5, 0.6) is 0 Å². The molecule has 7 nitrogen and oxygen atoms in total. The van der Waals surface area contributed by atoms with Crippen LogP contribution in [0.3, 0.4) is 0 Å². The zero-order chi connectivity index (χ0) is 16.6. The first kappa shape index (κ1) is 15.8. The average Bonchev–Trinajstić information content (AvgIpc) is 3.26. The van der Waals surface area contributed by atoms with E-state index in [9.17, 15) is 14.7 Å². The fourth-order valence-corrected chi connectivity index (χ4v) is 3.40. The van der Waals surface area contributed by atoms with Gasteiger partial charge in [0, 0.05) is 19.2 Å². The Hall–Kier alpha value is -2.05. The fourth-order valence-electron chi connectivity index (χ4n) is 3.40. The molecule has 0 aromatic carbocycles. The van der Waals surface area contributed by atoms with Gasteiger partial charge in [-0.05, 0) is 38.0 Å². The molecule has 1 saturated carbocycles. The van der Waals surface area contributed by atoms with Crippen molar-refractivity contribution in [2.24, 2.45) is 17.8 Å². The molecule has 2 N–H and O–H groups in total. The average molecular weight is 320 g/mol. The van der Waals surface area contributed by atoms with Gasteiger partial charge in [0.25, 0.3) is 0 Å². The Balaban J connectivity index is 1.67. The van der Waals surface area contributed by atoms with E-state index in [4.69, 9.17) is 0 Å². The molecular weight excluding hydrogens is 296 g/mol. The van der Waals surface area contributed by atoms with Crippen LogP contribution in [0.2, 0.25) is 0 Å². The van der Waals surface area contributed by atoms with Crippen LogP contribution in [-0.2, 0) is 4.79 Å². The number of anilines is 1. The Morgan fingerprint density at radius 2 is 2.13 bits per heavy atom. The lowest BCUT2D eigenvalue weighted by Gasteiger charge is -2.34. The van der Waals surface area contributed by atoms with Gasteiger partial charge in [0.1, 0.15) is 5.82 Å². The van der Waals surface area contributed by atoms with Gasteiger partial charge in [0.05, 0.1) is 18.2 Å². The minimum atomic E-state index is -0.832. The van der Waals surface area contributed by atoms with Crippen molar-refractivity contribution in [1.82, 2.24) is 14.7 Å². The van der Waals surface area contributed by atoms with E-state index in [1.54, 1.807) is 17.2 Å². The van der Waals surface area contributed by atoms with Crippen molar-refractivity contribution in [2.45, 2.75) is 39.2 Å². The Morgan fingerprint density at radius 3 is 2.78 bits per heavy atom. The van der Waals surface area contributed by atoms with Gasteiger partial charge in [0.15, 0.2) is 0 Å². The lowest BCUT2D eigenvalue weighted by atomic mass is 9.91. The number of aliphatic carboxylic acids is 1. The highest BCUT2D eigenvalue weighted by Crippen LogP contribution is 2.40. The third kappa shape index (κ3) is 3.48. The first-order chi connectivity index (χ1) is 11.0. The van der Waals surface area contributed by atoms with Crippen LogP contribution >= 0.6 is 0 Å². The molecule has 3 rings (SSSR count). The minimum Gasteiger partial charge on any atom is -0.481 e. The van der Waals surface area contributed by atoms with E-state index in [1.165, 1.54) is 12.8 Å². The van der Waals surface area contributed by atoms with Gasteiger partial charge in [-0.3, -0.25) is 10.1 Å². The summed E-state index contributed by atoms with van der Waals surface area (Å²) >= 11 is 0. The number of carboxylic acids is 1. The van der Waals surface area contributed by atoms with E-state index < -0.39 is 11.9 Å². The lowest BCUT2D eigenvalue weighted by Crippen LogP contribution is -2.47. The molecule has 3 unspecified atom stereocenters. The van der Waals surface area contributed by atoms with E-state index >= 15 is 0 Å². The first-order valence-electron chi connectivity index (χ1n) is 8.28. The number of hydrogen-bond donors (Lipinski definition) is 2. The quantitative estimate of drug-likeness (QED) is 0.892. The summed E-state index contributed by atoms with van der Waals surface area (Å²) in [6.07, 6.45) is 4.72. The summed E-state index contributed by atoms with van der Waals surface area (Å²) in [5.74, 6) is 0.184. The van der Waals surface area contributed by atoms with Gasteiger partial charge in [-0.1, -0.05) is 6.92 Å². The number of piperidine rings is 1. The predicted molar refractivity (Wildman–Crippen MR) is 85.2 cm³/mol. The fraction of sp³-hybridized carbons (Fsp3) is 0.688. The van der Waals surface area contributed by atoms with E-state index in [2.05, 4.69) is 17.3 Å². The van der Waals surface area contributed by atoms with Crippen LogP contribution in [0, 0.1) is 17.8 Å². The number of carbonyl (C=O) groups is 2. The minimum absolute atomic E-state index is 0.186. The van der Waals surface area contributed by atoms with E-state index in [0.29, 0.717) is 24.7 Å². The number of nitrogens with one attached hydrogen (secondary N) is 1. The second kappa shape index (κ2) is 6.22. The van der Waals surface area contributed by atoms with Gasteiger partial charge in [-0.15, -0.1) is 0 Å². The summed E-state index contributed by atoms with van der Waals surface area (Å²) in [5, 5.41) is 16.4. The number of urea groups is 1. The second-order valence-electron chi connectivity index (χ2n) is 6.95. The molecule has 1 saturated heterocycles. The topological polar surface area (TPSA) is 87.5 Å². The zero-order valence-corrected chi connectivity index (χ0v) is 13.6. The Kier molecular flexibility index (Phi) is 4.28. The Bertz CT molecular complexity index is 596. The van der Waals surface area contributed by atoms with Crippen molar-refractivity contribution < 1.29 is 14.7 Å². The van der Waals surface area contributed by atoms with Gasteiger partial charge in [-0.2, -0.15) is 5.10 Å². The second-order valence-corrected chi connectivity index (χ2v) is 6.95. The van der Waals surface area contributed by atoms with Crippen molar-refractivity contribution in [3.63, 3.8) is 0 Å². The van der Waals surface area contributed by atoms with Crippen LogP contribution in [0.25, 0.3) is 0 Å². The predicted octanol–water partition coefficient (Wildman–Crippen LogP) is 2.43. The molecule has 1 aromatic heterocycles. The van der Waals surface area contributed by atoms with E-state index in [-0.39, 0.29) is 24.5 Å². The molecular formula is C16H24N4O3.